The lowest BCUT2D eigenvalue weighted by atomic mass is 9.87. The summed E-state index contributed by atoms with van der Waals surface area (Å²) in [6.45, 7) is 7.68. The third-order valence-corrected chi connectivity index (χ3v) is 11.2. The van der Waals surface area contributed by atoms with Crippen molar-refractivity contribution in [1.82, 2.24) is 9.55 Å². The molecule has 0 bridgehead atoms. The van der Waals surface area contributed by atoms with Crippen LogP contribution >= 0.6 is 0 Å². The van der Waals surface area contributed by atoms with E-state index >= 15 is 0 Å². The van der Waals surface area contributed by atoms with Gasteiger partial charge in [-0.1, -0.05) is 127 Å². The molecule has 0 amide bonds. The van der Waals surface area contributed by atoms with Crippen LogP contribution in [-0.4, -0.2) is 9.55 Å². The van der Waals surface area contributed by atoms with E-state index in [2.05, 4.69) is 173 Å². The van der Waals surface area contributed by atoms with Gasteiger partial charge in [0.1, 0.15) is 0 Å². The van der Waals surface area contributed by atoms with Crippen molar-refractivity contribution >= 4 is 70.6 Å². The molecule has 0 saturated heterocycles. The van der Waals surface area contributed by atoms with E-state index in [1.165, 1.54) is 59.8 Å². The predicted octanol–water partition coefficient (Wildman–Crippen LogP) is 14.3. The first-order chi connectivity index (χ1) is 27.2. The summed E-state index contributed by atoms with van der Waals surface area (Å²) in [7, 11) is 0. The second kappa shape index (κ2) is 12.3. The summed E-state index contributed by atoms with van der Waals surface area (Å²) >= 11 is 0. The molecule has 0 atom stereocenters. The van der Waals surface area contributed by atoms with Crippen molar-refractivity contribution in [3.05, 3.63) is 200 Å². The first-order valence-electron chi connectivity index (χ1n) is 18.6. The Hall–Kier alpha value is -7.54. The SMILES string of the molecule is [C-]#[N+]c1ccc2c(c1)c1cc(-c3ccc(-c4cc5c6ccccc6c(-c6cccc7ccccc67)cc5c5ccccc45)cn3)ccc1n2-c1ccccc1. The summed E-state index contributed by atoms with van der Waals surface area (Å²) < 4.78 is 2.28. The lowest BCUT2D eigenvalue weighted by Crippen LogP contribution is -1.93. The monoisotopic (exact) mass is 697 g/mol. The molecule has 254 valence electrons. The highest BCUT2D eigenvalue weighted by Gasteiger charge is 2.17. The van der Waals surface area contributed by atoms with Gasteiger partial charge in [-0.15, -0.1) is 0 Å². The van der Waals surface area contributed by atoms with Crippen LogP contribution in [0.15, 0.2) is 188 Å². The van der Waals surface area contributed by atoms with Crippen LogP contribution in [0.4, 0.5) is 5.69 Å². The smallest absolute Gasteiger partial charge is 0.188 e. The van der Waals surface area contributed by atoms with E-state index in [9.17, 15) is 0 Å². The maximum absolute atomic E-state index is 7.68. The molecule has 55 heavy (non-hydrogen) atoms. The Morgan fingerprint density at radius 3 is 1.73 bits per heavy atom. The van der Waals surface area contributed by atoms with Gasteiger partial charge in [-0.05, 0) is 120 Å². The molecule has 11 aromatic rings. The summed E-state index contributed by atoms with van der Waals surface area (Å²) in [5.74, 6) is 0. The maximum Gasteiger partial charge on any atom is 0.188 e. The fraction of sp³-hybridized carbons (Fsp3) is 0. The zero-order chi connectivity index (χ0) is 36.5. The summed E-state index contributed by atoms with van der Waals surface area (Å²) in [4.78, 5) is 8.83. The zero-order valence-electron chi connectivity index (χ0n) is 29.7. The third-order valence-electron chi connectivity index (χ3n) is 11.2. The number of hydrogen-bond acceptors (Lipinski definition) is 1. The highest BCUT2D eigenvalue weighted by Crippen LogP contribution is 2.43. The van der Waals surface area contributed by atoms with Gasteiger partial charge in [0.15, 0.2) is 5.69 Å². The molecule has 2 heterocycles. The van der Waals surface area contributed by atoms with Crippen molar-refractivity contribution in [3.8, 4) is 39.2 Å². The maximum atomic E-state index is 7.68. The van der Waals surface area contributed by atoms with E-state index < -0.39 is 0 Å². The van der Waals surface area contributed by atoms with Gasteiger partial charge in [-0.2, -0.15) is 0 Å². The highest BCUT2D eigenvalue weighted by atomic mass is 15.0. The van der Waals surface area contributed by atoms with Crippen molar-refractivity contribution in [1.29, 1.82) is 0 Å². The van der Waals surface area contributed by atoms with Crippen molar-refractivity contribution < 1.29 is 0 Å². The highest BCUT2D eigenvalue weighted by molar-refractivity contribution is 6.24. The molecule has 0 saturated carbocycles. The second-order valence-electron chi connectivity index (χ2n) is 14.2. The number of fused-ring (bicyclic) bond motifs is 9. The standard InChI is InChI=1S/C52H31N3/c1-53-36-24-27-52-49(29-36)48-28-34(23-26-51(48)55(52)37-14-3-2-4-15-37)50-25-22-35(32-54-50)44-30-46-43-20-10-9-19-42(43)45(31-47(46)41-18-8-7-17-40(41)44)39-21-11-13-33-12-5-6-16-38(33)39/h2-32H. The van der Waals surface area contributed by atoms with E-state index in [0.29, 0.717) is 5.69 Å². The average Bonchev–Trinajstić information content (AvgIpc) is 3.59. The molecule has 2 aromatic heterocycles. The molecular formula is C52H31N3. The summed E-state index contributed by atoms with van der Waals surface area (Å²) in [6.07, 6.45) is 2.02. The largest absolute Gasteiger partial charge is 0.309 e. The molecule has 3 heteroatoms. The Kier molecular flexibility index (Phi) is 6.92. The quantitative estimate of drug-likeness (QED) is 0.133. The number of benzene rings is 9. The van der Waals surface area contributed by atoms with Crippen LogP contribution in [0.2, 0.25) is 0 Å². The van der Waals surface area contributed by atoms with E-state index in [0.717, 1.165) is 44.3 Å². The Labute approximate surface area is 317 Å². The molecule has 0 radical (unpaired) electrons. The number of rotatable bonds is 4. The van der Waals surface area contributed by atoms with Crippen LogP contribution in [0.5, 0.6) is 0 Å². The Bertz CT molecular complexity index is 3360. The summed E-state index contributed by atoms with van der Waals surface area (Å²) in [5, 5.41) is 12.1. The fourth-order valence-electron chi connectivity index (χ4n) is 8.69. The van der Waals surface area contributed by atoms with Crippen LogP contribution in [0.1, 0.15) is 0 Å². The molecule has 0 N–H and O–H groups in total. The van der Waals surface area contributed by atoms with Crippen molar-refractivity contribution in [2.45, 2.75) is 0 Å². The summed E-state index contributed by atoms with van der Waals surface area (Å²) in [5.41, 5.74) is 10.6. The van der Waals surface area contributed by atoms with Crippen LogP contribution < -0.4 is 0 Å². The molecule has 0 fully saturated rings. The van der Waals surface area contributed by atoms with Crippen molar-refractivity contribution in [2.75, 3.05) is 0 Å². The van der Waals surface area contributed by atoms with Gasteiger partial charge >= 0.3 is 0 Å². The van der Waals surface area contributed by atoms with E-state index in [-0.39, 0.29) is 0 Å². The van der Waals surface area contributed by atoms with Gasteiger partial charge in [-0.3, -0.25) is 4.98 Å². The van der Waals surface area contributed by atoms with Gasteiger partial charge in [-0.25, -0.2) is 4.85 Å². The number of aromatic nitrogens is 2. The molecule has 0 aliphatic carbocycles. The van der Waals surface area contributed by atoms with Gasteiger partial charge in [0.2, 0.25) is 0 Å². The first kappa shape index (κ1) is 31.0. The Morgan fingerprint density at radius 2 is 1.00 bits per heavy atom. The van der Waals surface area contributed by atoms with Gasteiger partial charge in [0.25, 0.3) is 0 Å². The first-order valence-corrected chi connectivity index (χ1v) is 18.6. The topological polar surface area (TPSA) is 22.2 Å². The van der Waals surface area contributed by atoms with Gasteiger partial charge in [0, 0.05) is 28.4 Å². The van der Waals surface area contributed by atoms with E-state index in [1.807, 2.05) is 24.4 Å². The second-order valence-corrected chi connectivity index (χ2v) is 14.2. The van der Waals surface area contributed by atoms with Crippen molar-refractivity contribution in [2.24, 2.45) is 0 Å². The molecule has 3 nitrogen and oxygen atoms in total. The van der Waals surface area contributed by atoms with E-state index in [4.69, 9.17) is 11.6 Å². The third kappa shape index (κ3) is 4.86. The van der Waals surface area contributed by atoms with E-state index in [1.54, 1.807) is 0 Å². The Balaban J connectivity index is 1.07. The minimum absolute atomic E-state index is 0.632. The predicted molar refractivity (Wildman–Crippen MR) is 231 cm³/mol. The van der Waals surface area contributed by atoms with Crippen molar-refractivity contribution in [3.63, 3.8) is 0 Å². The van der Waals surface area contributed by atoms with Crippen LogP contribution in [0.25, 0.3) is 109 Å². The van der Waals surface area contributed by atoms with Crippen LogP contribution in [-0.2, 0) is 0 Å². The van der Waals surface area contributed by atoms with Gasteiger partial charge in [0.05, 0.1) is 23.3 Å². The van der Waals surface area contributed by atoms with Gasteiger partial charge < -0.3 is 4.57 Å². The lowest BCUT2D eigenvalue weighted by molar-refractivity contribution is 1.18. The normalized spacial score (nSPS) is 11.6. The molecule has 0 unspecified atom stereocenters. The Morgan fingerprint density at radius 1 is 0.400 bits per heavy atom. The molecule has 11 rings (SSSR count). The minimum atomic E-state index is 0.632. The average molecular weight is 698 g/mol. The number of para-hydroxylation sites is 1. The number of nitrogens with zero attached hydrogens (tertiary/aromatic N) is 3. The fourth-order valence-corrected chi connectivity index (χ4v) is 8.69. The lowest BCUT2D eigenvalue weighted by Gasteiger charge is -2.17. The molecule has 0 spiro atoms. The van der Waals surface area contributed by atoms with Crippen LogP contribution in [0.3, 0.4) is 0 Å². The molecule has 0 aliphatic rings. The zero-order valence-corrected chi connectivity index (χ0v) is 29.7. The minimum Gasteiger partial charge on any atom is -0.309 e. The summed E-state index contributed by atoms with van der Waals surface area (Å²) in [6, 6.07) is 64.9. The molecule has 9 aromatic carbocycles. The number of hydrogen-bond donors (Lipinski definition) is 0. The number of pyridine rings is 1. The molecule has 0 aliphatic heterocycles. The van der Waals surface area contributed by atoms with Crippen LogP contribution in [0, 0.1) is 6.57 Å². The molecular weight excluding hydrogens is 667 g/mol.